The number of nitrogens with two attached hydrogens (primary N) is 1. The average molecular weight is 261 g/mol. The first-order valence-corrected chi connectivity index (χ1v) is 5.64. The molecule has 0 saturated carbocycles. The normalized spacial score (nSPS) is 18.7. The highest BCUT2D eigenvalue weighted by atomic mass is 19.4. The number of rotatable bonds is 2. The molecule has 1 aromatic rings. The van der Waals surface area contributed by atoms with Crippen LogP contribution >= 0.6 is 0 Å². The minimum absolute atomic E-state index is 0.119. The van der Waals surface area contributed by atoms with E-state index < -0.39 is 18.3 Å². The van der Waals surface area contributed by atoms with Crippen LogP contribution in [0, 0.1) is 0 Å². The Labute approximate surface area is 102 Å². The Morgan fingerprint density at radius 2 is 2.06 bits per heavy atom. The van der Waals surface area contributed by atoms with Crippen LogP contribution in [-0.4, -0.2) is 24.4 Å². The molecule has 3 nitrogen and oxygen atoms in total. The van der Waals surface area contributed by atoms with Crippen LogP contribution in [0.5, 0.6) is 5.75 Å². The molecule has 0 aliphatic carbocycles. The summed E-state index contributed by atoms with van der Waals surface area (Å²) in [7, 11) is 0. The molecule has 3 N–H and O–H groups in total. The minimum Gasteiger partial charge on any atom is -0.493 e. The quantitative estimate of drug-likeness (QED) is 0.852. The summed E-state index contributed by atoms with van der Waals surface area (Å²) < 4.78 is 44.2. The van der Waals surface area contributed by atoms with Crippen molar-refractivity contribution in [1.29, 1.82) is 0 Å². The fourth-order valence-corrected chi connectivity index (χ4v) is 2.09. The summed E-state index contributed by atoms with van der Waals surface area (Å²) in [6.45, 7) is -0.584. The Kier molecular flexibility index (Phi) is 3.25. The zero-order valence-electron chi connectivity index (χ0n) is 9.63. The molecule has 2 rings (SSSR count). The molecule has 1 heterocycles. The van der Waals surface area contributed by atoms with Crippen molar-refractivity contribution >= 4 is 0 Å². The monoisotopic (exact) mass is 261 g/mol. The third-order valence-corrected chi connectivity index (χ3v) is 3.14. The second-order valence-corrected chi connectivity index (χ2v) is 4.31. The van der Waals surface area contributed by atoms with Gasteiger partial charge in [0.2, 0.25) is 5.60 Å². The molecular formula is C12H14F3NO2. The Morgan fingerprint density at radius 1 is 1.33 bits per heavy atom. The summed E-state index contributed by atoms with van der Waals surface area (Å²) in [6.07, 6.45) is -3.44. The lowest BCUT2D eigenvalue weighted by molar-refractivity contribution is -0.262. The van der Waals surface area contributed by atoms with Crippen LogP contribution in [0.15, 0.2) is 18.2 Å². The highest BCUT2D eigenvalue weighted by molar-refractivity contribution is 5.46. The fraction of sp³-hybridized carbons (Fsp3) is 0.500. The number of benzene rings is 1. The highest BCUT2D eigenvalue weighted by Gasteiger charge is 2.55. The number of aliphatic hydroxyl groups is 1. The first-order valence-electron chi connectivity index (χ1n) is 5.64. The Morgan fingerprint density at radius 3 is 2.67 bits per heavy atom. The van der Waals surface area contributed by atoms with E-state index in [0.717, 1.165) is 6.42 Å². The molecule has 1 unspecified atom stereocenters. The van der Waals surface area contributed by atoms with Gasteiger partial charge in [-0.1, -0.05) is 18.2 Å². The van der Waals surface area contributed by atoms with Gasteiger partial charge in [0.05, 0.1) is 6.61 Å². The van der Waals surface area contributed by atoms with Crippen LogP contribution in [0.25, 0.3) is 0 Å². The van der Waals surface area contributed by atoms with E-state index in [4.69, 9.17) is 10.5 Å². The van der Waals surface area contributed by atoms with Gasteiger partial charge < -0.3 is 15.6 Å². The van der Waals surface area contributed by atoms with E-state index >= 15 is 0 Å². The van der Waals surface area contributed by atoms with E-state index in [2.05, 4.69) is 0 Å². The van der Waals surface area contributed by atoms with Gasteiger partial charge in [-0.15, -0.1) is 0 Å². The van der Waals surface area contributed by atoms with Crippen molar-refractivity contribution in [3.05, 3.63) is 29.3 Å². The lowest BCUT2D eigenvalue weighted by Crippen LogP contribution is -2.48. The number of ether oxygens (including phenoxy) is 1. The molecule has 6 heteroatoms. The molecule has 0 fully saturated rings. The van der Waals surface area contributed by atoms with Crippen molar-refractivity contribution in [2.75, 3.05) is 13.2 Å². The van der Waals surface area contributed by atoms with E-state index in [1.165, 1.54) is 12.1 Å². The average Bonchev–Trinajstić information content (AvgIpc) is 2.35. The topological polar surface area (TPSA) is 55.5 Å². The van der Waals surface area contributed by atoms with E-state index in [9.17, 15) is 18.3 Å². The van der Waals surface area contributed by atoms with Crippen molar-refractivity contribution in [2.45, 2.75) is 24.6 Å². The van der Waals surface area contributed by atoms with Gasteiger partial charge in [0, 0.05) is 12.1 Å². The van der Waals surface area contributed by atoms with Crippen LogP contribution in [0.3, 0.4) is 0 Å². The van der Waals surface area contributed by atoms with Gasteiger partial charge in [-0.3, -0.25) is 0 Å². The maximum Gasteiger partial charge on any atom is 0.422 e. The van der Waals surface area contributed by atoms with E-state index in [0.29, 0.717) is 18.6 Å². The van der Waals surface area contributed by atoms with Crippen LogP contribution in [0.4, 0.5) is 13.2 Å². The molecule has 0 amide bonds. The predicted molar refractivity (Wildman–Crippen MR) is 59.3 cm³/mol. The van der Waals surface area contributed by atoms with Gasteiger partial charge in [-0.25, -0.2) is 0 Å². The number of alkyl halides is 3. The van der Waals surface area contributed by atoms with Crippen LogP contribution in [0.2, 0.25) is 0 Å². The number of para-hydroxylation sites is 1. The molecule has 0 saturated heterocycles. The largest absolute Gasteiger partial charge is 0.493 e. The van der Waals surface area contributed by atoms with Crippen LogP contribution in [0.1, 0.15) is 17.5 Å². The summed E-state index contributed by atoms with van der Waals surface area (Å²) >= 11 is 0. The third kappa shape index (κ3) is 1.95. The SMILES string of the molecule is NCC(O)(c1cccc2c1OCCC2)C(F)(F)F. The summed E-state index contributed by atoms with van der Waals surface area (Å²) in [6, 6.07) is 4.39. The lowest BCUT2D eigenvalue weighted by Gasteiger charge is -2.32. The van der Waals surface area contributed by atoms with Crippen LogP contribution in [-0.2, 0) is 12.0 Å². The molecule has 0 aromatic heterocycles. The number of halogens is 3. The second kappa shape index (κ2) is 4.44. The predicted octanol–water partition coefficient (Wildman–Crippen LogP) is 1.72. The summed E-state index contributed by atoms with van der Waals surface area (Å²) in [5.74, 6) is 0.119. The Hall–Kier alpha value is -1.27. The molecule has 18 heavy (non-hydrogen) atoms. The third-order valence-electron chi connectivity index (χ3n) is 3.14. The lowest BCUT2D eigenvalue weighted by atomic mass is 9.89. The number of hydrogen-bond donors (Lipinski definition) is 2. The van der Waals surface area contributed by atoms with Gasteiger partial charge >= 0.3 is 6.18 Å². The highest BCUT2D eigenvalue weighted by Crippen LogP contribution is 2.44. The fourth-order valence-electron chi connectivity index (χ4n) is 2.09. The molecule has 0 bridgehead atoms. The maximum atomic E-state index is 13.0. The molecule has 0 spiro atoms. The summed E-state index contributed by atoms with van der Waals surface area (Å²) in [4.78, 5) is 0. The Bertz CT molecular complexity index is 447. The smallest absolute Gasteiger partial charge is 0.422 e. The summed E-state index contributed by atoms with van der Waals surface area (Å²) in [5.41, 5.74) is 2.45. The molecule has 100 valence electrons. The van der Waals surface area contributed by atoms with Gasteiger partial charge in [0.25, 0.3) is 0 Å². The molecule has 1 aliphatic heterocycles. The van der Waals surface area contributed by atoms with Gasteiger partial charge in [0.1, 0.15) is 5.75 Å². The molecule has 1 aliphatic rings. The number of hydrogen-bond acceptors (Lipinski definition) is 3. The van der Waals surface area contributed by atoms with Crippen molar-refractivity contribution in [3.8, 4) is 5.75 Å². The maximum absolute atomic E-state index is 13.0. The summed E-state index contributed by atoms with van der Waals surface area (Å²) in [5, 5.41) is 9.85. The first-order chi connectivity index (χ1) is 8.40. The van der Waals surface area contributed by atoms with E-state index in [1.54, 1.807) is 6.07 Å². The first kappa shape index (κ1) is 13.2. The minimum atomic E-state index is -4.84. The van der Waals surface area contributed by atoms with Crippen molar-refractivity contribution in [3.63, 3.8) is 0 Å². The zero-order valence-corrected chi connectivity index (χ0v) is 9.63. The molecule has 1 atom stereocenters. The standard InChI is InChI=1S/C12H14F3NO2/c13-12(14,15)11(17,7-16)9-5-1-3-8-4-2-6-18-10(8)9/h1,3,5,17H,2,4,6-7,16H2. The zero-order chi connectivity index (χ0) is 13.4. The molecule has 0 radical (unpaired) electrons. The second-order valence-electron chi connectivity index (χ2n) is 4.31. The van der Waals surface area contributed by atoms with Crippen LogP contribution < -0.4 is 10.5 Å². The van der Waals surface area contributed by atoms with E-state index in [1.807, 2.05) is 0 Å². The van der Waals surface area contributed by atoms with Gasteiger partial charge in [-0.2, -0.15) is 13.2 Å². The van der Waals surface area contributed by atoms with Crippen molar-refractivity contribution in [1.82, 2.24) is 0 Å². The van der Waals surface area contributed by atoms with Gasteiger partial charge in [0.15, 0.2) is 0 Å². The van der Waals surface area contributed by atoms with Crippen molar-refractivity contribution in [2.24, 2.45) is 5.73 Å². The number of fused-ring (bicyclic) bond motifs is 1. The van der Waals surface area contributed by atoms with E-state index in [-0.39, 0.29) is 11.3 Å². The van der Waals surface area contributed by atoms with Gasteiger partial charge in [-0.05, 0) is 18.4 Å². The Balaban J connectivity index is 2.56. The molecule has 1 aromatic carbocycles. The molecular weight excluding hydrogens is 247 g/mol. The number of aryl methyl sites for hydroxylation is 1. The van der Waals surface area contributed by atoms with Crippen molar-refractivity contribution < 1.29 is 23.0 Å².